The fourth-order valence-corrected chi connectivity index (χ4v) is 1.69. The Balaban J connectivity index is 2.03. The second kappa shape index (κ2) is 2.23. The maximum Gasteiger partial charge on any atom is 0.306 e. The highest BCUT2D eigenvalue weighted by Crippen LogP contribution is 2.24. The largest absolute Gasteiger partial charge is 0.465 e. The highest BCUT2D eigenvalue weighted by Gasteiger charge is 2.33. The molecular formula is C7H11NO2. The van der Waals surface area contributed by atoms with Crippen LogP contribution in [0.1, 0.15) is 6.42 Å². The standard InChI is InChI=1S/C7H11NO2/c9-7-1-5-2-8-3-6(5)4-10-7/h5-6,8H,1-4H2. The van der Waals surface area contributed by atoms with Gasteiger partial charge in [-0.05, 0) is 12.5 Å². The van der Waals surface area contributed by atoms with Crippen LogP contribution in [0.2, 0.25) is 0 Å². The van der Waals surface area contributed by atoms with Crippen LogP contribution in [-0.2, 0) is 9.53 Å². The van der Waals surface area contributed by atoms with Crippen molar-refractivity contribution in [3.05, 3.63) is 0 Å². The van der Waals surface area contributed by atoms with Crippen LogP contribution in [0.25, 0.3) is 0 Å². The topological polar surface area (TPSA) is 38.3 Å². The number of hydrogen-bond donors (Lipinski definition) is 1. The van der Waals surface area contributed by atoms with E-state index in [4.69, 9.17) is 4.74 Å². The monoisotopic (exact) mass is 141 g/mol. The molecule has 2 heterocycles. The molecule has 10 heavy (non-hydrogen) atoms. The second-order valence-corrected chi connectivity index (χ2v) is 3.07. The molecule has 2 unspecified atom stereocenters. The molecule has 2 saturated heterocycles. The van der Waals surface area contributed by atoms with E-state index in [1.54, 1.807) is 0 Å². The quantitative estimate of drug-likeness (QED) is 0.473. The summed E-state index contributed by atoms with van der Waals surface area (Å²) < 4.78 is 4.91. The average Bonchev–Trinajstić information content (AvgIpc) is 2.33. The molecule has 0 aromatic rings. The number of ether oxygens (including phenoxy) is 1. The van der Waals surface area contributed by atoms with Crippen molar-refractivity contribution in [2.45, 2.75) is 6.42 Å². The number of cyclic esters (lactones) is 1. The fraction of sp³-hybridized carbons (Fsp3) is 0.857. The molecule has 0 bridgehead atoms. The predicted octanol–water partition coefficient (Wildman–Crippen LogP) is -0.231. The minimum absolute atomic E-state index is 0.0232. The molecule has 0 radical (unpaired) electrons. The van der Waals surface area contributed by atoms with Crippen LogP contribution < -0.4 is 5.32 Å². The molecule has 0 aromatic carbocycles. The summed E-state index contributed by atoms with van der Waals surface area (Å²) in [5.74, 6) is 1.13. The number of nitrogens with one attached hydrogen (secondary N) is 1. The molecule has 0 amide bonds. The molecule has 2 rings (SSSR count). The van der Waals surface area contributed by atoms with E-state index in [-0.39, 0.29) is 5.97 Å². The maximum absolute atomic E-state index is 10.8. The lowest BCUT2D eigenvalue weighted by atomic mass is 9.92. The lowest BCUT2D eigenvalue weighted by molar-refractivity contribution is -0.151. The first kappa shape index (κ1) is 6.16. The van der Waals surface area contributed by atoms with Gasteiger partial charge >= 0.3 is 5.97 Å². The molecule has 0 aromatic heterocycles. The highest BCUT2D eigenvalue weighted by atomic mass is 16.5. The van der Waals surface area contributed by atoms with Gasteiger partial charge in [-0.3, -0.25) is 4.79 Å². The molecule has 2 atom stereocenters. The molecule has 2 aliphatic rings. The molecule has 0 aliphatic carbocycles. The van der Waals surface area contributed by atoms with Crippen LogP contribution in [0.5, 0.6) is 0 Å². The van der Waals surface area contributed by atoms with Crippen LogP contribution in [0.15, 0.2) is 0 Å². The number of rotatable bonds is 0. The minimum Gasteiger partial charge on any atom is -0.465 e. The van der Waals surface area contributed by atoms with Crippen molar-refractivity contribution in [2.24, 2.45) is 11.8 Å². The summed E-state index contributed by atoms with van der Waals surface area (Å²) in [6, 6.07) is 0. The molecule has 56 valence electrons. The van der Waals surface area contributed by atoms with Crippen molar-refractivity contribution in [2.75, 3.05) is 19.7 Å². The van der Waals surface area contributed by atoms with Crippen molar-refractivity contribution in [1.82, 2.24) is 5.32 Å². The molecule has 3 heteroatoms. The van der Waals surface area contributed by atoms with Crippen LogP contribution in [0, 0.1) is 11.8 Å². The minimum atomic E-state index is -0.0232. The van der Waals surface area contributed by atoms with Gasteiger partial charge < -0.3 is 10.1 Å². The first-order chi connectivity index (χ1) is 4.86. The van der Waals surface area contributed by atoms with Crippen LogP contribution >= 0.6 is 0 Å². The van der Waals surface area contributed by atoms with E-state index < -0.39 is 0 Å². The first-order valence-corrected chi connectivity index (χ1v) is 3.72. The summed E-state index contributed by atoms with van der Waals surface area (Å²) in [7, 11) is 0. The Bertz CT molecular complexity index is 158. The Morgan fingerprint density at radius 2 is 2.20 bits per heavy atom. The Morgan fingerprint density at radius 3 is 3.10 bits per heavy atom. The Kier molecular flexibility index (Phi) is 1.38. The van der Waals surface area contributed by atoms with E-state index in [1.165, 1.54) is 0 Å². The van der Waals surface area contributed by atoms with Gasteiger partial charge in [0, 0.05) is 18.9 Å². The predicted molar refractivity (Wildman–Crippen MR) is 35.4 cm³/mol. The van der Waals surface area contributed by atoms with Crippen LogP contribution in [0.3, 0.4) is 0 Å². The molecule has 0 saturated carbocycles. The average molecular weight is 141 g/mol. The molecular weight excluding hydrogens is 130 g/mol. The third-order valence-corrected chi connectivity index (χ3v) is 2.37. The van der Waals surface area contributed by atoms with Gasteiger partial charge in [0.2, 0.25) is 0 Å². The number of fused-ring (bicyclic) bond motifs is 1. The van der Waals surface area contributed by atoms with Crippen molar-refractivity contribution in [3.8, 4) is 0 Å². The second-order valence-electron chi connectivity index (χ2n) is 3.07. The SMILES string of the molecule is O=C1CC2CNCC2CO1. The summed E-state index contributed by atoms with van der Waals surface area (Å²) in [4.78, 5) is 10.8. The van der Waals surface area contributed by atoms with Gasteiger partial charge in [-0.2, -0.15) is 0 Å². The van der Waals surface area contributed by atoms with E-state index in [1.807, 2.05) is 0 Å². The van der Waals surface area contributed by atoms with E-state index >= 15 is 0 Å². The Morgan fingerprint density at radius 1 is 1.40 bits per heavy atom. The van der Waals surface area contributed by atoms with Crippen molar-refractivity contribution >= 4 is 5.97 Å². The fourth-order valence-electron chi connectivity index (χ4n) is 1.69. The van der Waals surface area contributed by atoms with E-state index in [2.05, 4.69) is 5.32 Å². The lowest BCUT2D eigenvalue weighted by Crippen LogP contribution is -2.29. The number of hydrogen-bond acceptors (Lipinski definition) is 3. The number of esters is 1. The first-order valence-electron chi connectivity index (χ1n) is 3.72. The summed E-state index contributed by atoms with van der Waals surface area (Å²) >= 11 is 0. The van der Waals surface area contributed by atoms with Crippen LogP contribution in [-0.4, -0.2) is 25.7 Å². The summed E-state index contributed by atoms with van der Waals surface area (Å²) in [5, 5.41) is 3.25. The van der Waals surface area contributed by atoms with Gasteiger partial charge in [-0.25, -0.2) is 0 Å². The summed E-state index contributed by atoms with van der Waals surface area (Å²) in [5.41, 5.74) is 0. The van der Waals surface area contributed by atoms with Crippen molar-refractivity contribution in [1.29, 1.82) is 0 Å². The number of carbonyl (C=O) groups excluding carboxylic acids is 1. The lowest BCUT2D eigenvalue weighted by Gasteiger charge is -2.22. The van der Waals surface area contributed by atoms with Crippen molar-refractivity contribution < 1.29 is 9.53 Å². The van der Waals surface area contributed by atoms with Gasteiger partial charge in [-0.1, -0.05) is 0 Å². The zero-order valence-corrected chi connectivity index (χ0v) is 5.80. The molecule has 3 nitrogen and oxygen atoms in total. The summed E-state index contributed by atoms with van der Waals surface area (Å²) in [6.45, 7) is 2.66. The van der Waals surface area contributed by atoms with Gasteiger partial charge in [0.25, 0.3) is 0 Å². The maximum atomic E-state index is 10.8. The van der Waals surface area contributed by atoms with Gasteiger partial charge in [-0.15, -0.1) is 0 Å². The smallest absolute Gasteiger partial charge is 0.306 e. The zero-order chi connectivity index (χ0) is 6.97. The normalized spacial score (nSPS) is 39.0. The van der Waals surface area contributed by atoms with Gasteiger partial charge in [0.05, 0.1) is 6.61 Å². The van der Waals surface area contributed by atoms with E-state index in [0.717, 1.165) is 13.1 Å². The Hall–Kier alpha value is -0.570. The zero-order valence-electron chi connectivity index (χ0n) is 5.80. The summed E-state index contributed by atoms with van der Waals surface area (Å²) in [6.07, 6.45) is 0.623. The third-order valence-electron chi connectivity index (χ3n) is 2.37. The van der Waals surface area contributed by atoms with Gasteiger partial charge in [0.15, 0.2) is 0 Å². The Labute approximate surface area is 59.7 Å². The number of carbonyl (C=O) groups is 1. The van der Waals surface area contributed by atoms with Crippen LogP contribution in [0.4, 0.5) is 0 Å². The molecule has 0 spiro atoms. The van der Waals surface area contributed by atoms with Gasteiger partial charge in [0.1, 0.15) is 0 Å². The molecule has 1 N–H and O–H groups in total. The van der Waals surface area contributed by atoms with E-state index in [0.29, 0.717) is 24.9 Å². The highest BCUT2D eigenvalue weighted by molar-refractivity contribution is 5.70. The van der Waals surface area contributed by atoms with Crippen molar-refractivity contribution in [3.63, 3.8) is 0 Å². The third kappa shape index (κ3) is 0.904. The molecule has 2 aliphatic heterocycles. The van der Waals surface area contributed by atoms with E-state index in [9.17, 15) is 4.79 Å². The molecule has 2 fully saturated rings.